The quantitative estimate of drug-likeness (QED) is 0.641. The number of thioether (sulfide) groups is 1. The summed E-state index contributed by atoms with van der Waals surface area (Å²) in [7, 11) is 1.54. The van der Waals surface area contributed by atoms with Crippen LogP contribution in [-0.2, 0) is 6.54 Å². The van der Waals surface area contributed by atoms with Crippen molar-refractivity contribution in [1.29, 1.82) is 0 Å². The Hall–Kier alpha value is -1.95. The van der Waals surface area contributed by atoms with Crippen LogP contribution in [0.2, 0.25) is 0 Å². The maximum Gasteiger partial charge on any atom is 0.257 e. The number of benzene rings is 1. The van der Waals surface area contributed by atoms with Crippen LogP contribution in [0, 0.1) is 11.8 Å². The Balaban J connectivity index is 2.13. The molecule has 0 fully saturated rings. The molecule has 21 heavy (non-hydrogen) atoms. The predicted octanol–water partition coefficient (Wildman–Crippen LogP) is 3.35. The van der Waals surface area contributed by atoms with E-state index in [0.717, 1.165) is 16.7 Å². The lowest BCUT2D eigenvalue weighted by Crippen LogP contribution is -2.27. The number of carbonyl (C=O) groups is 1. The van der Waals surface area contributed by atoms with Gasteiger partial charge in [0, 0.05) is 24.7 Å². The number of halogens is 2. The fourth-order valence-electron chi connectivity index (χ4n) is 1.87. The first kappa shape index (κ1) is 15.4. The normalized spacial score (nSPS) is 10.5. The second-order valence-corrected chi connectivity index (χ2v) is 5.35. The monoisotopic (exact) mass is 308 g/mol. The summed E-state index contributed by atoms with van der Waals surface area (Å²) in [4.78, 5) is 17.8. The van der Waals surface area contributed by atoms with Gasteiger partial charge in [0.1, 0.15) is 0 Å². The van der Waals surface area contributed by atoms with Crippen LogP contribution in [0.15, 0.2) is 41.4 Å². The molecule has 1 aromatic heterocycles. The second kappa shape index (κ2) is 6.67. The Morgan fingerprint density at radius 2 is 1.90 bits per heavy atom. The number of hydrogen-bond donors (Lipinski definition) is 0. The van der Waals surface area contributed by atoms with Gasteiger partial charge in [-0.3, -0.25) is 4.79 Å². The molecule has 0 N–H and O–H groups in total. The average Bonchev–Trinajstić information content (AvgIpc) is 2.50. The Morgan fingerprint density at radius 1 is 1.24 bits per heavy atom. The van der Waals surface area contributed by atoms with Crippen molar-refractivity contribution in [3.63, 3.8) is 0 Å². The summed E-state index contributed by atoms with van der Waals surface area (Å²) >= 11 is 1.62. The SMILES string of the molecule is CSc1ccc(CN(C)C(=O)c2ccnc(F)c2F)cc1. The number of carbonyl (C=O) groups excluding carboxylic acids is 1. The van der Waals surface area contributed by atoms with Crippen molar-refractivity contribution in [2.24, 2.45) is 0 Å². The van der Waals surface area contributed by atoms with Crippen LogP contribution in [-0.4, -0.2) is 29.1 Å². The van der Waals surface area contributed by atoms with Gasteiger partial charge in [-0.25, -0.2) is 9.37 Å². The molecule has 0 atom stereocenters. The number of amides is 1. The minimum absolute atomic E-state index is 0.314. The molecule has 0 radical (unpaired) electrons. The Morgan fingerprint density at radius 3 is 2.52 bits per heavy atom. The van der Waals surface area contributed by atoms with Crippen LogP contribution in [0.5, 0.6) is 0 Å². The van der Waals surface area contributed by atoms with Gasteiger partial charge in [-0.15, -0.1) is 11.8 Å². The van der Waals surface area contributed by atoms with Crippen molar-refractivity contribution in [1.82, 2.24) is 9.88 Å². The standard InChI is InChI=1S/C15H14F2N2OS/c1-19(9-10-3-5-11(21-2)6-4-10)15(20)12-7-8-18-14(17)13(12)16/h3-8H,9H2,1-2H3. The highest BCUT2D eigenvalue weighted by Crippen LogP contribution is 2.17. The van der Waals surface area contributed by atoms with Crippen LogP contribution in [0.4, 0.5) is 8.78 Å². The van der Waals surface area contributed by atoms with E-state index in [9.17, 15) is 13.6 Å². The molecule has 0 saturated carbocycles. The zero-order valence-electron chi connectivity index (χ0n) is 11.6. The molecule has 3 nitrogen and oxygen atoms in total. The lowest BCUT2D eigenvalue weighted by Gasteiger charge is -2.17. The third-order valence-corrected chi connectivity index (χ3v) is 3.75. The van der Waals surface area contributed by atoms with E-state index >= 15 is 0 Å². The average molecular weight is 308 g/mol. The molecule has 0 unspecified atom stereocenters. The third-order valence-electron chi connectivity index (χ3n) is 3.00. The largest absolute Gasteiger partial charge is 0.337 e. The van der Waals surface area contributed by atoms with E-state index in [-0.39, 0.29) is 5.56 Å². The van der Waals surface area contributed by atoms with Crippen molar-refractivity contribution >= 4 is 17.7 Å². The van der Waals surface area contributed by atoms with Crippen molar-refractivity contribution < 1.29 is 13.6 Å². The minimum atomic E-state index is -1.27. The van der Waals surface area contributed by atoms with Crippen molar-refractivity contribution in [2.45, 2.75) is 11.4 Å². The van der Waals surface area contributed by atoms with Gasteiger partial charge in [0.15, 0.2) is 5.82 Å². The molecule has 0 spiro atoms. The maximum absolute atomic E-state index is 13.6. The summed E-state index contributed by atoms with van der Waals surface area (Å²) in [6, 6.07) is 8.88. The summed E-state index contributed by atoms with van der Waals surface area (Å²) < 4.78 is 26.6. The van der Waals surface area contributed by atoms with Crippen LogP contribution < -0.4 is 0 Å². The van der Waals surface area contributed by atoms with Gasteiger partial charge in [0.05, 0.1) is 5.56 Å². The molecule has 110 valence electrons. The number of rotatable bonds is 4. The molecule has 2 rings (SSSR count). The third kappa shape index (κ3) is 3.58. The highest BCUT2D eigenvalue weighted by Gasteiger charge is 2.19. The second-order valence-electron chi connectivity index (χ2n) is 4.47. The molecule has 0 aliphatic rings. The first-order valence-electron chi connectivity index (χ1n) is 6.21. The zero-order valence-corrected chi connectivity index (χ0v) is 12.5. The zero-order chi connectivity index (χ0) is 15.4. The lowest BCUT2D eigenvalue weighted by atomic mass is 10.2. The molecule has 0 bridgehead atoms. The Kier molecular flexibility index (Phi) is 4.90. The highest BCUT2D eigenvalue weighted by molar-refractivity contribution is 7.98. The molecular formula is C15H14F2N2OS. The van der Waals surface area contributed by atoms with Crippen molar-refractivity contribution in [3.8, 4) is 0 Å². The van der Waals surface area contributed by atoms with E-state index in [4.69, 9.17) is 0 Å². The lowest BCUT2D eigenvalue weighted by molar-refractivity contribution is 0.0779. The van der Waals surface area contributed by atoms with Gasteiger partial charge < -0.3 is 4.90 Å². The van der Waals surface area contributed by atoms with Gasteiger partial charge in [0.2, 0.25) is 5.95 Å². The Labute approximate surface area is 126 Å². The van der Waals surface area contributed by atoms with Gasteiger partial charge in [0.25, 0.3) is 5.91 Å². The predicted molar refractivity (Wildman–Crippen MR) is 78.2 cm³/mol. The van der Waals surface area contributed by atoms with E-state index < -0.39 is 17.7 Å². The summed E-state index contributed by atoms with van der Waals surface area (Å²) in [5, 5.41) is 0. The number of hydrogen-bond acceptors (Lipinski definition) is 3. The molecule has 2 aromatic rings. The van der Waals surface area contributed by atoms with Crippen LogP contribution in [0.3, 0.4) is 0 Å². The molecule has 1 heterocycles. The van der Waals surface area contributed by atoms with E-state index in [0.29, 0.717) is 6.54 Å². The number of aromatic nitrogens is 1. The molecule has 0 aliphatic heterocycles. The molecule has 6 heteroatoms. The fourth-order valence-corrected chi connectivity index (χ4v) is 2.27. The van der Waals surface area contributed by atoms with Crippen LogP contribution in [0.25, 0.3) is 0 Å². The van der Waals surface area contributed by atoms with Crippen molar-refractivity contribution in [2.75, 3.05) is 13.3 Å². The first-order chi connectivity index (χ1) is 10.0. The van der Waals surface area contributed by atoms with E-state index in [1.165, 1.54) is 11.0 Å². The minimum Gasteiger partial charge on any atom is -0.337 e. The van der Waals surface area contributed by atoms with Gasteiger partial charge in [-0.05, 0) is 30.0 Å². The summed E-state index contributed by atoms with van der Waals surface area (Å²) in [6.45, 7) is 0.316. The molecule has 0 saturated heterocycles. The van der Waals surface area contributed by atoms with Gasteiger partial charge in [-0.2, -0.15) is 4.39 Å². The smallest absolute Gasteiger partial charge is 0.257 e. The molecular weight excluding hydrogens is 294 g/mol. The summed E-state index contributed by atoms with van der Waals surface area (Å²) in [5.41, 5.74) is 0.601. The highest BCUT2D eigenvalue weighted by atomic mass is 32.2. The summed E-state index contributed by atoms with van der Waals surface area (Å²) in [6.07, 6.45) is 3.05. The van der Waals surface area contributed by atoms with E-state index in [2.05, 4.69) is 4.98 Å². The Bertz CT molecular complexity index is 647. The van der Waals surface area contributed by atoms with E-state index in [1.54, 1.807) is 18.8 Å². The topological polar surface area (TPSA) is 33.2 Å². The number of pyridine rings is 1. The van der Waals surface area contributed by atoms with Crippen LogP contribution >= 0.6 is 11.8 Å². The molecule has 1 aromatic carbocycles. The van der Waals surface area contributed by atoms with Crippen LogP contribution in [0.1, 0.15) is 15.9 Å². The molecule has 1 amide bonds. The summed E-state index contributed by atoms with van der Waals surface area (Å²) in [5.74, 6) is -3.06. The van der Waals surface area contributed by atoms with E-state index in [1.807, 2.05) is 30.5 Å². The van der Waals surface area contributed by atoms with Gasteiger partial charge >= 0.3 is 0 Å². The van der Waals surface area contributed by atoms with Crippen molar-refractivity contribution in [3.05, 3.63) is 59.4 Å². The number of nitrogens with zero attached hydrogens (tertiary/aromatic N) is 2. The first-order valence-corrected chi connectivity index (χ1v) is 7.43. The maximum atomic E-state index is 13.6. The van der Waals surface area contributed by atoms with Gasteiger partial charge in [-0.1, -0.05) is 12.1 Å². The molecule has 0 aliphatic carbocycles. The fraction of sp³-hybridized carbons (Fsp3) is 0.200.